The van der Waals surface area contributed by atoms with Crippen molar-refractivity contribution < 1.29 is 13.2 Å². The quantitative estimate of drug-likeness (QED) is 0.858. The zero-order chi connectivity index (χ0) is 15.6. The maximum atomic E-state index is 12.8. The Hall–Kier alpha value is -1.58. The standard InChI is InChI=1S/C15H20N2O3S/c1-11-8-14(20-3)15(9-12(11)2)21(18,19)17-6-4-13(10-16)5-7-17/h8-9,13H,4-7H2,1-3H3. The van der Waals surface area contributed by atoms with Gasteiger partial charge < -0.3 is 4.74 Å². The highest BCUT2D eigenvalue weighted by Crippen LogP contribution is 2.31. The predicted octanol–water partition coefficient (Wildman–Crippen LogP) is 2.24. The van der Waals surface area contributed by atoms with E-state index in [1.807, 2.05) is 13.8 Å². The van der Waals surface area contributed by atoms with Crippen LogP contribution < -0.4 is 4.74 Å². The van der Waals surface area contributed by atoms with E-state index in [9.17, 15) is 8.42 Å². The fraction of sp³-hybridized carbons (Fsp3) is 0.533. The van der Waals surface area contributed by atoms with Crippen molar-refractivity contribution in [1.29, 1.82) is 5.26 Å². The Balaban J connectivity index is 2.37. The Kier molecular flexibility index (Phi) is 4.55. The molecule has 21 heavy (non-hydrogen) atoms. The van der Waals surface area contributed by atoms with Crippen LogP contribution in [0.4, 0.5) is 0 Å². The third-order valence-electron chi connectivity index (χ3n) is 4.03. The van der Waals surface area contributed by atoms with Crippen molar-refractivity contribution in [2.75, 3.05) is 20.2 Å². The molecule has 0 spiro atoms. The van der Waals surface area contributed by atoms with Crippen molar-refractivity contribution in [2.45, 2.75) is 31.6 Å². The van der Waals surface area contributed by atoms with Gasteiger partial charge in [0.1, 0.15) is 10.6 Å². The van der Waals surface area contributed by atoms with E-state index in [2.05, 4.69) is 6.07 Å². The van der Waals surface area contributed by atoms with E-state index in [0.717, 1.165) is 11.1 Å². The third kappa shape index (κ3) is 3.04. The maximum absolute atomic E-state index is 12.8. The van der Waals surface area contributed by atoms with E-state index >= 15 is 0 Å². The monoisotopic (exact) mass is 308 g/mol. The molecule has 0 bridgehead atoms. The van der Waals surface area contributed by atoms with Crippen LogP contribution in [0.25, 0.3) is 0 Å². The molecule has 1 fully saturated rings. The Labute approximate surface area is 126 Å². The van der Waals surface area contributed by atoms with Crippen molar-refractivity contribution in [3.63, 3.8) is 0 Å². The average molecular weight is 308 g/mol. The lowest BCUT2D eigenvalue weighted by Crippen LogP contribution is -2.38. The minimum absolute atomic E-state index is 0.0434. The first-order valence-electron chi connectivity index (χ1n) is 6.95. The first-order valence-corrected chi connectivity index (χ1v) is 8.39. The van der Waals surface area contributed by atoms with Crippen LogP contribution in [0.2, 0.25) is 0 Å². The van der Waals surface area contributed by atoms with Gasteiger partial charge in [0.2, 0.25) is 10.0 Å². The second-order valence-electron chi connectivity index (χ2n) is 5.39. The molecule has 0 atom stereocenters. The Bertz CT molecular complexity index is 669. The normalized spacial score (nSPS) is 17.4. The van der Waals surface area contributed by atoms with Crippen LogP contribution in [0.5, 0.6) is 5.75 Å². The fourth-order valence-corrected chi connectivity index (χ4v) is 4.18. The van der Waals surface area contributed by atoms with Crippen LogP contribution in [0.3, 0.4) is 0 Å². The molecule has 6 heteroatoms. The number of nitriles is 1. The van der Waals surface area contributed by atoms with Crippen molar-refractivity contribution in [3.8, 4) is 11.8 Å². The van der Waals surface area contributed by atoms with Crippen LogP contribution in [0.1, 0.15) is 24.0 Å². The van der Waals surface area contributed by atoms with Gasteiger partial charge in [-0.1, -0.05) is 0 Å². The van der Waals surface area contributed by atoms with E-state index in [1.165, 1.54) is 11.4 Å². The van der Waals surface area contributed by atoms with E-state index < -0.39 is 10.0 Å². The van der Waals surface area contributed by atoms with Gasteiger partial charge in [-0.15, -0.1) is 0 Å². The van der Waals surface area contributed by atoms with Crippen LogP contribution in [0, 0.1) is 31.1 Å². The van der Waals surface area contributed by atoms with Gasteiger partial charge in [-0.3, -0.25) is 0 Å². The molecule has 0 radical (unpaired) electrons. The second-order valence-corrected chi connectivity index (χ2v) is 7.30. The molecule has 1 saturated heterocycles. The summed E-state index contributed by atoms with van der Waals surface area (Å²) in [4.78, 5) is 0.212. The van der Waals surface area contributed by atoms with Crippen LogP contribution in [-0.4, -0.2) is 32.9 Å². The van der Waals surface area contributed by atoms with E-state index in [1.54, 1.807) is 12.1 Å². The molecule has 1 heterocycles. The Morgan fingerprint density at radius 1 is 1.24 bits per heavy atom. The summed E-state index contributed by atoms with van der Waals surface area (Å²) in [6.07, 6.45) is 1.17. The predicted molar refractivity (Wildman–Crippen MR) is 79.6 cm³/mol. The van der Waals surface area contributed by atoms with Gasteiger partial charge in [-0.05, 0) is 49.9 Å². The van der Waals surface area contributed by atoms with Gasteiger partial charge in [-0.2, -0.15) is 9.57 Å². The van der Waals surface area contributed by atoms with Gasteiger partial charge in [0.05, 0.1) is 13.2 Å². The van der Waals surface area contributed by atoms with Gasteiger partial charge in [0.25, 0.3) is 0 Å². The molecule has 1 aliphatic heterocycles. The molecule has 0 aromatic heterocycles. The number of hydrogen-bond acceptors (Lipinski definition) is 4. The smallest absolute Gasteiger partial charge is 0.246 e. The lowest BCUT2D eigenvalue weighted by molar-refractivity contribution is 0.308. The molecule has 5 nitrogen and oxygen atoms in total. The lowest BCUT2D eigenvalue weighted by atomic mass is 10.0. The summed E-state index contributed by atoms with van der Waals surface area (Å²) in [7, 11) is -2.10. The summed E-state index contributed by atoms with van der Waals surface area (Å²) in [6, 6.07) is 5.63. The highest BCUT2D eigenvalue weighted by Gasteiger charge is 2.31. The van der Waals surface area contributed by atoms with Crippen LogP contribution in [0.15, 0.2) is 17.0 Å². The van der Waals surface area contributed by atoms with Gasteiger partial charge in [-0.25, -0.2) is 8.42 Å². The molecule has 1 aliphatic rings. The number of benzene rings is 1. The van der Waals surface area contributed by atoms with Crippen molar-refractivity contribution in [3.05, 3.63) is 23.3 Å². The molecule has 0 saturated carbocycles. The molecular weight excluding hydrogens is 288 g/mol. The van der Waals surface area contributed by atoms with Crippen molar-refractivity contribution >= 4 is 10.0 Å². The maximum Gasteiger partial charge on any atom is 0.246 e. The molecular formula is C15H20N2O3S. The van der Waals surface area contributed by atoms with Crippen molar-refractivity contribution in [2.24, 2.45) is 5.92 Å². The molecule has 0 amide bonds. The number of aryl methyl sites for hydroxylation is 2. The summed E-state index contributed by atoms with van der Waals surface area (Å²) in [6.45, 7) is 4.58. The second kappa shape index (κ2) is 6.04. The summed E-state index contributed by atoms with van der Waals surface area (Å²) < 4.78 is 32.3. The largest absolute Gasteiger partial charge is 0.495 e. The SMILES string of the molecule is COc1cc(C)c(C)cc1S(=O)(=O)N1CCC(C#N)CC1. The molecule has 1 aromatic carbocycles. The highest BCUT2D eigenvalue weighted by atomic mass is 32.2. The summed E-state index contributed by atoms with van der Waals surface area (Å²) in [5.74, 6) is 0.332. The van der Waals surface area contributed by atoms with E-state index in [-0.39, 0.29) is 10.8 Å². The minimum atomic E-state index is -3.58. The lowest BCUT2D eigenvalue weighted by Gasteiger charge is -2.29. The molecule has 1 aromatic rings. The Morgan fingerprint density at radius 2 is 1.81 bits per heavy atom. The van der Waals surface area contributed by atoms with E-state index in [4.69, 9.17) is 10.00 Å². The number of rotatable bonds is 3. The number of ether oxygens (including phenoxy) is 1. The summed E-state index contributed by atoms with van der Waals surface area (Å²) >= 11 is 0. The van der Waals surface area contributed by atoms with Crippen LogP contribution >= 0.6 is 0 Å². The fourth-order valence-electron chi connectivity index (χ4n) is 2.49. The number of nitrogens with zero attached hydrogens (tertiary/aromatic N) is 2. The minimum Gasteiger partial charge on any atom is -0.495 e. The number of hydrogen-bond donors (Lipinski definition) is 0. The van der Waals surface area contributed by atoms with Gasteiger partial charge in [0.15, 0.2) is 0 Å². The average Bonchev–Trinajstić information content (AvgIpc) is 2.49. The first-order chi connectivity index (χ1) is 9.90. The van der Waals surface area contributed by atoms with Crippen molar-refractivity contribution in [1.82, 2.24) is 4.31 Å². The molecule has 0 unspecified atom stereocenters. The van der Waals surface area contributed by atoms with Gasteiger partial charge >= 0.3 is 0 Å². The first kappa shape index (κ1) is 15.8. The number of piperidine rings is 1. The topological polar surface area (TPSA) is 70.4 Å². The van der Waals surface area contributed by atoms with Gasteiger partial charge in [0, 0.05) is 19.0 Å². The number of methoxy groups -OCH3 is 1. The molecule has 0 aliphatic carbocycles. The van der Waals surface area contributed by atoms with E-state index in [0.29, 0.717) is 31.7 Å². The summed E-state index contributed by atoms with van der Waals surface area (Å²) in [5.41, 5.74) is 1.91. The molecule has 114 valence electrons. The Morgan fingerprint density at radius 3 is 2.33 bits per heavy atom. The zero-order valence-electron chi connectivity index (χ0n) is 12.6. The third-order valence-corrected chi connectivity index (χ3v) is 5.95. The zero-order valence-corrected chi connectivity index (χ0v) is 13.4. The summed E-state index contributed by atoms with van der Waals surface area (Å²) in [5, 5.41) is 8.91. The molecule has 0 N–H and O–H groups in total. The molecule has 2 rings (SSSR count). The number of sulfonamides is 1. The van der Waals surface area contributed by atoms with Crippen LogP contribution in [-0.2, 0) is 10.0 Å². The highest BCUT2D eigenvalue weighted by molar-refractivity contribution is 7.89.